The van der Waals surface area contributed by atoms with Crippen molar-refractivity contribution in [3.63, 3.8) is 0 Å². The maximum atomic E-state index is 13.1. The van der Waals surface area contributed by atoms with Crippen LogP contribution in [0.4, 0.5) is 0 Å². The summed E-state index contributed by atoms with van der Waals surface area (Å²) < 4.78 is 16.5. The first-order valence-electron chi connectivity index (χ1n) is 12.1. The molecule has 188 valence electrons. The lowest BCUT2D eigenvalue weighted by Gasteiger charge is -2.18. The Morgan fingerprint density at radius 2 is 1.83 bits per heavy atom. The van der Waals surface area contributed by atoms with Gasteiger partial charge in [-0.3, -0.25) is 14.4 Å². The second kappa shape index (κ2) is 14.2. The Labute approximate surface area is 206 Å². The van der Waals surface area contributed by atoms with E-state index in [0.717, 1.165) is 29.7 Å². The van der Waals surface area contributed by atoms with Gasteiger partial charge in [-0.25, -0.2) is 0 Å². The number of hydrogen-bond donors (Lipinski definition) is 2. The molecule has 8 nitrogen and oxygen atoms in total. The molecule has 1 aliphatic rings. The van der Waals surface area contributed by atoms with Gasteiger partial charge in [-0.05, 0) is 61.4 Å². The monoisotopic (exact) mass is 482 g/mol. The first kappa shape index (κ1) is 26.4. The summed E-state index contributed by atoms with van der Waals surface area (Å²) in [5, 5.41) is 5.47. The number of carbonyl (C=O) groups is 3. The average Bonchev–Trinajstić information content (AvgIpc) is 2.89. The van der Waals surface area contributed by atoms with Crippen LogP contribution in [0.2, 0.25) is 0 Å². The first-order valence-corrected chi connectivity index (χ1v) is 12.1. The maximum absolute atomic E-state index is 13.1. The fraction of sp³-hybridized carbons (Fsp3) is 0.444. The largest absolute Gasteiger partial charge is 0.497 e. The molecule has 8 heteroatoms. The van der Waals surface area contributed by atoms with E-state index in [4.69, 9.17) is 14.2 Å². The minimum atomic E-state index is -0.918. The quantitative estimate of drug-likeness (QED) is 0.614. The van der Waals surface area contributed by atoms with Crippen molar-refractivity contribution in [1.82, 2.24) is 10.6 Å². The lowest BCUT2D eigenvalue weighted by atomic mass is 10.0. The van der Waals surface area contributed by atoms with Crippen molar-refractivity contribution in [2.24, 2.45) is 0 Å². The minimum Gasteiger partial charge on any atom is -0.497 e. The average molecular weight is 483 g/mol. The molecule has 0 fully saturated rings. The fourth-order valence-electron chi connectivity index (χ4n) is 3.87. The topological polar surface area (TPSA) is 103 Å². The summed E-state index contributed by atoms with van der Waals surface area (Å²) >= 11 is 0. The van der Waals surface area contributed by atoms with Gasteiger partial charge in [-0.2, -0.15) is 0 Å². The summed E-state index contributed by atoms with van der Waals surface area (Å²) in [5.74, 6) is -1.01. The number of fused-ring (bicyclic) bond motifs is 1. The molecule has 1 atom stereocenters. The van der Waals surface area contributed by atoms with Crippen molar-refractivity contribution in [1.29, 1.82) is 0 Å². The van der Waals surface area contributed by atoms with Crippen LogP contribution in [0.15, 0.2) is 48.5 Å². The second-order valence-corrected chi connectivity index (χ2v) is 8.42. The number of carbonyl (C=O) groups excluding carboxylic acids is 3. The van der Waals surface area contributed by atoms with E-state index in [0.29, 0.717) is 51.2 Å². The van der Waals surface area contributed by atoms with E-state index in [1.807, 2.05) is 36.4 Å². The molecule has 0 aliphatic carbocycles. The number of hydrogen-bond acceptors (Lipinski definition) is 6. The van der Waals surface area contributed by atoms with E-state index in [9.17, 15) is 14.4 Å². The Balaban J connectivity index is 1.64. The molecule has 2 amide bonds. The van der Waals surface area contributed by atoms with E-state index in [1.165, 1.54) is 0 Å². The molecule has 0 spiro atoms. The highest BCUT2D eigenvalue weighted by Gasteiger charge is 2.27. The van der Waals surface area contributed by atoms with Crippen LogP contribution in [-0.2, 0) is 32.1 Å². The molecule has 0 radical (unpaired) electrons. The molecular formula is C27H34N2O6. The Morgan fingerprint density at radius 1 is 1.03 bits per heavy atom. The van der Waals surface area contributed by atoms with Gasteiger partial charge in [0.2, 0.25) is 5.78 Å². The molecule has 3 rings (SSSR count). The van der Waals surface area contributed by atoms with Crippen LogP contribution in [0.3, 0.4) is 0 Å². The van der Waals surface area contributed by atoms with Gasteiger partial charge in [-0.15, -0.1) is 0 Å². The minimum absolute atomic E-state index is 0.285. The van der Waals surface area contributed by atoms with Gasteiger partial charge in [0.15, 0.2) is 0 Å². The number of ketones is 1. The summed E-state index contributed by atoms with van der Waals surface area (Å²) in [4.78, 5) is 38.7. The Bertz CT molecular complexity index is 993. The molecule has 0 aromatic heterocycles. The molecule has 0 saturated carbocycles. The van der Waals surface area contributed by atoms with Crippen LogP contribution < -0.4 is 15.4 Å². The van der Waals surface area contributed by atoms with Crippen molar-refractivity contribution >= 4 is 17.6 Å². The van der Waals surface area contributed by atoms with Crippen LogP contribution in [0.5, 0.6) is 5.75 Å². The van der Waals surface area contributed by atoms with Gasteiger partial charge >= 0.3 is 0 Å². The van der Waals surface area contributed by atoms with Crippen molar-refractivity contribution < 1.29 is 28.6 Å². The second-order valence-electron chi connectivity index (χ2n) is 8.42. The predicted molar refractivity (Wildman–Crippen MR) is 131 cm³/mol. The molecular weight excluding hydrogens is 448 g/mol. The summed E-state index contributed by atoms with van der Waals surface area (Å²) in [6, 6.07) is 13.7. The lowest BCUT2D eigenvalue weighted by Crippen LogP contribution is -2.48. The van der Waals surface area contributed by atoms with Crippen LogP contribution >= 0.6 is 0 Å². The van der Waals surface area contributed by atoms with E-state index in [2.05, 4.69) is 10.6 Å². The highest BCUT2D eigenvalue weighted by Crippen LogP contribution is 2.14. The third-order valence-electron chi connectivity index (χ3n) is 5.81. The third-order valence-corrected chi connectivity index (χ3v) is 5.81. The zero-order valence-corrected chi connectivity index (χ0v) is 20.2. The van der Waals surface area contributed by atoms with E-state index in [-0.39, 0.29) is 6.61 Å². The van der Waals surface area contributed by atoms with Crippen LogP contribution in [0.1, 0.15) is 47.2 Å². The number of Topliss-reactive ketones (excluding diaryl/α,β-unsaturated/α-hetero) is 1. The normalized spacial score (nSPS) is 17.7. The highest BCUT2D eigenvalue weighted by molar-refractivity contribution is 6.38. The Morgan fingerprint density at radius 3 is 2.69 bits per heavy atom. The van der Waals surface area contributed by atoms with Crippen LogP contribution in [0.25, 0.3) is 0 Å². The van der Waals surface area contributed by atoms with Crippen LogP contribution in [0, 0.1) is 0 Å². The molecule has 2 aromatic carbocycles. The zero-order chi connectivity index (χ0) is 24.9. The summed E-state index contributed by atoms with van der Waals surface area (Å²) in [6.07, 6.45) is 3.06. The molecule has 1 heterocycles. The lowest BCUT2D eigenvalue weighted by molar-refractivity contribution is -0.139. The highest BCUT2D eigenvalue weighted by atomic mass is 16.5. The Kier molecular flexibility index (Phi) is 10.7. The third kappa shape index (κ3) is 8.49. The predicted octanol–water partition coefficient (Wildman–Crippen LogP) is 2.83. The molecule has 0 saturated heterocycles. The fourth-order valence-corrected chi connectivity index (χ4v) is 3.87. The summed E-state index contributed by atoms with van der Waals surface area (Å²) in [6.45, 7) is 2.27. The van der Waals surface area contributed by atoms with Crippen molar-refractivity contribution in [3.05, 3.63) is 65.2 Å². The standard InChI is InChI=1S/C27H34N2O6/c1-33-22-10-6-8-20(18-22)13-14-28-27(32)25(30)24-12-4-5-15-34-16-7-17-35-19-21-9-2-3-11-23(21)26(31)29-24/h2-3,6,8-11,18,24H,4-5,7,12-17,19H2,1H3,(H,28,32)(H,29,31). The molecule has 2 N–H and O–H groups in total. The molecule has 1 aliphatic heterocycles. The summed E-state index contributed by atoms with van der Waals surface area (Å²) in [5.41, 5.74) is 2.16. The first-order chi connectivity index (χ1) is 17.1. The number of ether oxygens (including phenoxy) is 3. The van der Waals surface area contributed by atoms with Crippen molar-refractivity contribution in [2.75, 3.05) is 33.5 Å². The van der Waals surface area contributed by atoms with Gasteiger partial charge in [0.05, 0.1) is 19.8 Å². The molecule has 0 bridgehead atoms. The number of amides is 2. The summed E-state index contributed by atoms with van der Waals surface area (Å²) in [7, 11) is 1.60. The number of benzene rings is 2. The van der Waals surface area contributed by atoms with E-state index >= 15 is 0 Å². The zero-order valence-electron chi connectivity index (χ0n) is 20.2. The van der Waals surface area contributed by atoms with E-state index < -0.39 is 23.6 Å². The molecule has 1 unspecified atom stereocenters. The van der Waals surface area contributed by atoms with Gasteiger partial charge in [0, 0.05) is 31.9 Å². The number of methoxy groups -OCH3 is 1. The van der Waals surface area contributed by atoms with Crippen molar-refractivity contribution in [2.45, 2.75) is 44.8 Å². The number of nitrogens with one attached hydrogen (secondary N) is 2. The van der Waals surface area contributed by atoms with Gasteiger partial charge in [0.25, 0.3) is 11.8 Å². The maximum Gasteiger partial charge on any atom is 0.289 e. The molecule has 35 heavy (non-hydrogen) atoms. The van der Waals surface area contributed by atoms with Crippen molar-refractivity contribution in [3.8, 4) is 5.75 Å². The van der Waals surface area contributed by atoms with Gasteiger partial charge < -0.3 is 24.8 Å². The smallest absolute Gasteiger partial charge is 0.289 e. The van der Waals surface area contributed by atoms with Gasteiger partial charge in [0.1, 0.15) is 5.75 Å². The Hall–Kier alpha value is -3.23. The van der Waals surface area contributed by atoms with Gasteiger partial charge in [-0.1, -0.05) is 30.3 Å². The SMILES string of the molecule is COc1cccc(CCNC(=O)C(=O)C2CCCCOCCCOCc3ccccc3C(=O)N2)c1. The van der Waals surface area contributed by atoms with E-state index in [1.54, 1.807) is 19.2 Å². The van der Waals surface area contributed by atoms with Crippen LogP contribution in [-0.4, -0.2) is 57.1 Å². The number of rotatable bonds is 6. The molecule has 2 aromatic rings.